The van der Waals surface area contributed by atoms with Gasteiger partial charge in [0.05, 0.1) is 13.2 Å². The Morgan fingerprint density at radius 2 is 1.86 bits per heavy atom. The van der Waals surface area contributed by atoms with E-state index in [0.29, 0.717) is 39.0 Å². The second kappa shape index (κ2) is 5.72. The summed E-state index contributed by atoms with van der Waals surface area (Å²) in [5.74, 6) is -0.172. The third kappa shape index (κ3) is 3.08. The van der Waals surface area contributed by atoms with Crippen LogP contribution in [0, 0.1) is 0 Å². The van der Waals surface area contributed by atoms with E-state index >= 15 is 0 Å². The molecule has 0 aliphatic carbocycles. The van der Waals surface area contributed by atoms with E-state index in [4.69, 9.17) is 9.84 Å². The summed E-state index contributed by atoms with van der Waals surface area (Å²) in [6, 6.07) is 0. The molecule has 0 unspecified atom stereocenters. The molecular formula is C9H15NO4. The Morgan fingerprint density at radius 1 is 1.21 bits per heavy atom. The zero-order valence-electron chi connectivity index (χ0n) is 8.07. The van der Waals surface area contributed by atoms with E-state index in [9.17, 15) is 9.59 Å². The molecule has 1 heterocycles. The van der Waals surface area contributed by atoms with Crippen LogP contribution in [0.5, 0.6) is 0 Å². The van der Waals surface area contributed by atoms with Crippen molar-refractivity contribution in [2.24, 2.45) is 0 Å². The second-order valence-electron chi connectivity index (χ2n) is 3.13. The van der Waals surface area contributed by atoms with Gasteiger partial charge in [0.15, 0.2) is 0 Å². The zero-order valence-corrected chi connectivity index (χ0v) is 8.07. The van der Waals surface area contributed by atoms with Gasteiger partial charge < -0.3 is 9.84 Å². The third-order valence-corrected chi connectivity index (χ3v) is 2.06. The van der Waals surface area contributed by atoms with E-state index in [1.807, 2.05) is 0 Å². The number of likely N-dealkylation sites (tertiary alicyclic amines) is 1. The van der Waals surface area contributed by atoms with Crippen molar-refractivity contribution in [2.45, 2.75) is 19.3 Å². The predicted octanol–water partition coefficient (Wildman–Crippen LogP) is -0.466. The van der Waals surface area contributed by atoms with Crippen molar-refractivity contribution in [1.29, 1.82) is 0 Å². The van der Waals surface area contributed by atoms with Gasteiger partial charge in [0, 0.05) is 26.0 Å². The smallest absolute Gasteiger partial charge is 0.229 e. The molecule has 0 saturated carbocycles. The second-order valence-corrected chi connectivity index (χ2v) is 3.13. The van der Waals surface area contributed by atoms with Crippen LogP contribution in [0.2, 0.25) is 0 Å². The Kier molecular flexibility index (Phi) is 4.55. The summed E-state index contributed by atoms with van der Waals surface area (Å²) in [6.45, 7) is 1.21. The van der Waals surface area contributed by atoms with E-state index in [-0.39, 0.29) is 18.4 Å². The number of carbonyl (C=O) groups is 2. The number of ether oxygens (including phenoxy) is 1. The highest BCUT2D eigenvalue weighted by Crippen LogP contribution is 2.11. The minimum atomic E-state index is -0.0860. The Labute approximate surface area is 82.6 Å². The molecule has 0 spiro atoms. The maximum Gasteiger partial charge on any atom is 0.229 e. The van der Waals surface area contributed by atoms with Crippen molar-refractivity contribution in [1.82, 2.24) is 4.90 Å². The summed E-state index contributed by atoms with van der Waals surface area (Å²) in [5.41, 5.74) is 0. The van der Waals surface area contributed by atoms with Gasteiger partial charge >= 0.3 is 0 Å². The number of carbonyl (C=O) groups excluding carboxylic acids is 2. The standard InChI is InChI=1S/C9H15NO4/c11-5-7-14-6-1-4-10-8(12)2-3-9(10)13/h11H,1-7H2. The van der Waals surface area contributed by atoms with Crippen molar-refractivity contribution in [3.8, 4) is 0 Å². The average molecular weight is 201 g/mol. The molecule has 1 N–H and O–H groups in total. The maximum atomic E-state index is 11.1. The molecule has 1 rings (SSSR count). The summed E-state index contributed by atoms with van der Waals surface area (Å²) < 4.78 is 5.01. The Hall–Kier alpha value is -0.940. The van der Waals surface area contributed by atoms with Crippen LogP contribution in [-0.4, -0.2) is 48.2 Å². The first kappa shape index (κ1) is 11.1. The Bertz CT molecular complexity index is 201. The first-order chi connectivity index (χ1) is 6.75. The van der Waals surface area contributed by atoms with Crippen molar-refractivity contribution < 1.29 is 19.4 Å². The Morgan fingerprint density at radius 3 is 2.43 bits per heavy atom. The van der Waals surface area contributed by atoms with Crippen LogP contribution < -0.4 is 0 Å². The highest BCUT2D eigenvalue weighted by Gasteiger charge is 2.27. The highest BCUT2D eigenvalue weighted by molar-refractivity contribution is 6.01. The SMILES string of the molecule is O=C1CCC(=O)N1CCCOCCO. The van der Waals surface area contributed by atoms with Crippen molar-refractivity contribution >= 4 is 11.8 Å². The molecule has 0 aromatic rings. The lowest BCUT2D eigenvalue weighted by Crippen LogP contribution is -2.30. The van der Waals surface area contributed by atoms with Gasteiger partial charge in [-0.05, 0) is 6.42 Å². The average Bonchev–Trinajstić information content (AvgIpc) is 2.48. The molecule has 5 heteroatoms. The molecule has 5 nitrogen and oxygen atoms in total. The van der Waals surface area contributed by atoms with Gasteiger partial charge in [-0.15, -0.1) is 0 Å². The van der Waals surface area contributed by atoms with E-state index in [2.05, 4.69) is 0 Å². The summed E-state index contributed by atoms with van der Waals surface area (Å²) in [6.07, 6.45) is 1.32. The zero-order chi connectivity index (χ0) is 10.4. The third-order valence-electron chi connectivity index (χ3n) is 2.06. The minimum Gasteiger partial charge on any atom is -0.394 e. The van der Waals surface area contributed by atoms with Crippen LogP contribution in [0.15, 0.2) is 0 Å². The van der Waals surface area contributed by atoms with E-state index in [1.54, 1.807) is 0 Å². The first-order valence-electron chi connectivity index (χ1n) is 4.77. The van der Waals surface area contributed by atoms with Crippen molar-refractivity contribution in [2.75, 3.05) is 26.4 Å². The van der Waals surface area contributed by atoms with Crippen molar-refractivity contribution in [3.63, 3.8) is 0 Å². The lowest BCUT2D eigenvalue weighted by Gasteiger charge is -2.12. The highest BCUT2D eigenvalue weighted by atomic mass is 16.5. The summed E-state index contributed by atoms with van der Waals surface area (Å²) in [7, 11) is 0. The van der Waals surface area contributed by atoms with E-state index in [0.717, 1.165) is 0 Å². The maximum absolute atomic E-state index is 11.1. The molecule has 14 heavy (non-hydrogen) atoms. The molecule has 1 fully saturated rings. The normalized spacial score (nSPS) is 16.8. The fourth-order valence-corrected chi connectivity index (χ4v) is 1.36. The minimum absolute atomic E-state index is 0.00156. The largest absolute Gasteiger partial charge is 0.394 e. The van der Waals surface area contributed by atoms with Gasteiger partial charge in [0.25, 0.3) is 0 Å². The summed E-state index contributed by atoms with van der Waals surface area (Å²) in [5, 5.41) is 8.42. The molecule has 0 radical (unpaired) electrons. The molecule has 0 aromatic carbocycles. The monoisotopic (exact) mass is 201 g/mol. The van der Waals surface area contributed by atoms with Gasteiger partial charge in [-0.25, -0.2) is 0 Å². The summed E-state index contributed by atoms with van der Waals surface area (Å²) >= 11 is 0. The number of rotatable bonds is 6. The number of imide groups is 1. The molecule has 0 aromatic heterocycles. The number of hydrogen-bond acceptors (Lipinski definition) is 4. The van der Waals surface area contributed by atoms with Gasteiger partial charge in [-0.1, -0.05) is 0 Å². The van der Waals surface area contributed by atoms with Gasteiger partial charge in [-0.3, -0.25) is 14.5 Å². The molecule has 0 bridgehead atoms. The van der Waals surface area contributed by atoms with E-state index < -0.39 is 0 Å². The van der Waals surface area contributed by atoms with Crippen LogP contribution in [0.4, 0.5) is 0 Å². The van der Waals surface area contributed by atoms with Crippen LogP contribution in [0.1, 0.15) is 19.3 Å². The van der Waals surface area contributed by atoms with Crippen molar-refractivity contribution in [3.05, 3.63) is 0 Å². The topological polar surface area (TPSA) is 66.8 Å². The van der Waals surface area contributed by atoms with Gasteiger partial charge in [0.1, 0.15) is 0 Å². The molecule has 0 atom stereocenters. The lowest BCUT2D eigenvalue weighted by atomic mass is 10.4. The molecule has 1 aliphatic rings. The number of hydrogen-bond donors (Lipinski definition) is 1. The van der Waals surface area contributed by atoms with Gasteiger partial charge in [-0.2, -0.15) is 0 Å². The van der Waals surface area contributed by atoms with Gasteiger partial charge in [0.2, 0.25) is 11.8 Å². The lowest BCUT2D eigenvalue weighted by molar-refractivity contribution is -0.138. The molecule has 1 aliphatic heterocycles. The number of nitrogens with zero attached hydrogens (tertiary/aromatic N) is 1. The molecule has 1 saturated heterocycles. The number of amides is 2. The first-order valence-corrected chi connectivity index (χ1v) is 4.77. The molecular weight excluding hydrogens is 186 g/mol. The molecule has 80 valence electrons. The number of aliphatic hydroxyl groups is 1. The van der Waals surface area contributed by atoms with Crippen LogP contribution >= 0.6 is 0 Å². The Balaban J connectivity index is 2.11. The number of aliphatic hydroxyl groups excluding tert-OH is 1. The van der Waals surface area contributed by atoms with Crippen LogP contribution in [0.3, 0.4) is 0 Å². The van der Waals surface area contributed by atoms with E-state index in [1.165, 1.54) is 4.90 Å². The summed E-state index contributed by atoms with van der Waals surface area (Å²) in [4.78, 5) is 23.5. The fraction of sp³-hybridized carbons (Fsp3) is 0.778. The molecule has 2 amide bonds. The van der Waals surface area contributed by atoms with Crippen LogP contribution in [0.25, 0.3) is 0 Å². The quantitative estimate of drug-likeness (QED) is 0.466. The fourth-order valence-electron chi connectivity index (χ4n) is 1.36. The van der Waals surface area contributed by atoms with Crippen LogP contribution in [-0.2, 0) is 14.3 Å². The predicted molar refractivity (Wildman–Crippen MR) is 48.5 cm³/mol.